The SMILES string of the molecule is COc1ccc(NC(=O)CCNc2ccc(F)c(F)c2F)c(OC)c1. The average molecular weight is 354 g/mol. The molecule has 0 unspecified atom stereocenters. The lowest BCUT2D eigenvalue weighted by molar-refractivity contribution is -0.116. The molecule has 0 aliphatic rings. The first-order valence-corrected chi connectivity index (χ1v) is 7.35. The summed E-state index contributed by atoms with van der Waals surface area (Å²) in [7, 11) is 2.97. The minimum Gasteiger partial charge on any atom is -0.497 e. The van der Waals surface area contributed by atoms with Crippen LogP contribution in [0.5, 0.6) is 11.5 Å². The van der Waals surface area contributed by atoms with Crippen LogP contribution in [0.1, 0.15) is 6.42 Å². The highest BCUT2D eigenvalue weighted by Gasteiger charge is 2.14. The minimum atomic E-state index is -1.56. The second-order valence-electron chi connectivity index (χ2n) is 5.01. The van der Waals surface area contributed by atoms with Gasteiger partial charge in [0.1, 0.15) is 11.5 Å². The molecular weight excluding hydrogens is 337 g/mol. The lowest BCUT2D eigenvalue weighted by atomic mass is 10.2. The fourth-order valence-corrected chi connectivity index (χ4v) is 2.09. The number of nitrogens with one attached hydrogen (secondary N) is 2. The monoisotopic (exact) mass is 354 g/mol. The molecule has 2 N–H and O–H groups in total. The summed E-state index contributed by atoms with van der Waals surface area (Å²) in [5, 5.41) is 5.20. The Morgan fingerprint density at radius 2 is 1.72 bits per heavy atom. The number of methoxy groups -OCH3 is 2. The highest BCUT2D eigenvalue weighted by molar-refractivity contribution is 5.92. The number of hydrogen-bond acceptors (Lipinski definition) is 4. The van der Waals surface area contributed by atoms with Crippen LogP contribution in [0.2, 0.25) is 0 Å². The van der Waals surface area contributed by atoms with E-state index in [1.54, 1.807) is 18.2 Å². The maximum atomic E-state index is 13.5. The summed E-state index contributed by atoms with van der Waals surface area (Å²) in [4.78, 5) is 12.0. The van der Waals surface area contributed by atoms with E-state index in [2.05, 4.69) is 10.6 Å². The van der Waals surface area contributed by atoms with Gasteiger partial charge in [-0.25, -0.2) is 13.2 Å². The Hall–Kier alpha value is -2.90. The van der Waals surface area contributed by atoms with Gasteiger partial charge in [0.15, 0.2) is 17.5 Å². The van der Waals surface area contributed by atoms with Gasteiger partial charge in [0.25, 0.3) is 0 Å². The molecule has 0 saturated carbocycles. The van der Waals surface area contributed by atoms with Gasteiger partial charge in [-0.15, -0.1) is 0 Å². The third-order valence-electron chi connectivity index (χ3n) is 3.39. The van der Waals surface area contributed by atoms with E-state index in [-0.39, 0.29) is 24.6 Å². The fourth-order valence-electron chi connectivity index (χ4n) is 2.09. The van der Waals surface area contributed by atoms with Crippen LogP contribution in [0.3, 0.4) is 0 Å². The Labute approximate surface area is 142 Å². The maximum Gasteiger partial charge on any atom is 0.226 e. The number of hydrogen-bond donors (Lipinski definition) is 2. The van der Waals surface area contributed by atoms with E-state index in [1.807, 2.05) is 0 Å². The molecule has 0 aromatic heterocycles. The van der Waals surface area contributed by atoms with Gasteiger partial charge in [0, 0.05) is 19.0 Å². The van der Waals surface area contributed by atoms with E-state index in [0.29, 0.717) is 17.2 Å². The van der Waals surface area contributed by atoms with Gasteiger partial charge < -0.3 is 20.1 Å². The predicted molar refractivity (Wildman–Crippen MR) is 87.6 cm³/mol. The topological polar surface area (TPSA) is 59.6 Å². The number of benzene rings is 2. The second kappa shape index (κ2) is 8.27. The number of rotatable bonds is 7. The first-order valence-electron chi connectivity index (χ1n) is 7.35. The van der Waals surface area contributed by atoms with Crippen LogP contribution in [0, 0.1) is 17.5 Å². The van der Waals surface area contributed by atoms with Crippen LogP contribution in [-0.4, -0.2) is 26.7 Å². The molecule has 0 radical (unpaired) electrons. The molecule has 8 heteroatoms. The fraction of sp³-hybridized carbons (Fsp3) is 0.235. The van der Waals surface area contributed by atoms with Gasteiger partial charge in [-0.3, -0.25) is 4.79 Å². The first-order chi connectivity index (χ1) is 12.0. The molecule has 0 atom stereocenters. The van der Waals surface area contributed by atoms with Crippen molar-refractivity contribution < 1.29 is 27.4 Å². The number of ether oxygens (including phenoxy) is 2. The Balaban J connectivity index is 1.92. The van der Waals surface area contributed by atoms with Gasteiger partial charge in [-0.05, 0) is 24.3 Å². The van der Waals surface area contributed by atoms with Gasteiger partial charge in [-0.2, -0.15) is 0 Å². The summed E-state index contributed by atoms with van der Waals surface area (Å²) in [6, 6.07) is 6.77. The normalized spacial score (nSPS) is 10.3. The second-order valence-corrected chi connectivity index (χ2v) is 5.01. The maximum absolute atomic E-state index is 13.5. The first kappa shape index (κ1) is 18.4. The molecule has 0 fully saturated rings. The molecule has 5 nitrogen and oxygen atoms in total. The third-order valence-corrected chi connectivity index (χ3v) is 3.39. The highest BCUT2D eigenvalue weighted by Crippen LogP contribution is 2.29. The van der Waals surface area contributed by atoms with E-state index in [4.69, 9.17) is 9.47 Å². The summed E-state index contributed by atoms with van der Waals surface area (Å²) >= 11 is 0. The van der Waals surface area contributed by atoms with Gasteiger partial charge in [-0.1, -0.05) is 0 Å². The van der Waals surface area contributed by atoms with E-state index in [0.717, 1.165) is 12.1 Å². The highest BCUT2D eigenvalue weighted by atomic mass is 19.2. The zero-order valence-electron chi connectivity index (χ0n) is 13.7. The largest absolute Gasteiger partial charge is 0.497 e. The molecule has 0 spiro atoms. The minimum absolute atomic E-state index is 0.0202. The molecule has 2 aromatic carbocycles. The van der Waals surface area contributed by atoms with Crippen molar-refractivity contribution in [2.45, 2.75) is 6.42 Å². The molecule has 2 rings (SSSR count). The molecule has 2 aromatic rings. The summed E-state index contributed by atoms with van der Waals surface area (Å²) in [5.41, 5.74) is 0.237. The van der Waals surface area contributed by atoms with Gasteiger partial charge in [0.05, 0.1) is 25.6 Å². The van der Waals surface area contributed by atoms with Crippen LogP contribution < -0.4 is 20.1 Å². The van der Waals surface area contributed by atoms with Crippen LogP contribution in [0.25, 0.3) is 0 Å². The van der Waals surface area contributed by atoms with E-state index in [1.165, 1.54) is 14.2 Å². The average Bonchev–Trinajstić information content (AvgIpc) is 2.62. The lowest BCUT2D eigenvalue weighted by Crippen LogP contribution is -2.17. The number of carbonyl (C=O) groups is 1. The Kier molecular flexibility index (Phi) is 6.10. The molecule has 0 bridgehead atoms. The predicted octanol–water partition coefficient (Wildman–Crippen LogP) is 3.56. The van der Waals surface area contributed by atoms with Crippen LogP contribution >= 0.6 is 0 Å². The number of carbonyl (C=O) groups excluding carboxylic acids is 1. The van der Waals surface area contributed by atoms with Crippen molar-refractivity contribution in [3.8, 4) is 11.5 Å². The smallest absolute Gasteiger partial charge is 0.226 e. The van der Waals surface area contributed by atoms with E-state index >= 15 is 0 Å². The number of amides is 1. The van der Waals surface area contributed by atoms with Crippen molar-refractivity contribution in [3.05, 3.63) is 47.8 Å². The molecule has 0 saturated heterocycles. The Morgan fingerprint density at radius 3 is 2.40 bits per heavy atom. The van der Waals surface area contributed by atoms with Crippen LogP contribution in [0.15, 0.2) is 30.3 Å². The molecular formula is C17H17F3N2O3. The van der Waals surface area contributed by atoms with Crippen molar-refractivity contribution >= 4 is 17.3 Å². The van der Waals surface area contributed by atoms with Crippen LogP contribution in [0.4, 0.5) is 24.5 Å². The lowest BCUT2D eigenvalue weighted by Gasteiger charge is -2.12. The zero-order chi connectivity index (χ0) is 18.4. The zero-order valence-corrected chi connectivity index (χ0v) is 13.7. The third kappa shape index (κ3) is 4.56. The number of anilines is 2. The van der Waals surface area contributed by atoms with Gasteiger partial charge >= 0.3 is 0 Å². The molecule has 134 valence electrons. The summed E-state index contributed by atoms with van der Waals surface area (Å²) in [5.74, 6) is -3.52. The van der Waals surface area contributed by atoms with Crippen molar-refractivity contribution in [2.75, 3.05) is 31.4 Å². The summed E-state index contributed by atoms with van der Waals surface area (Å²) in [6.45, 7) is 0.0340. The van der Waals surface area contributed by atoms with Crippen molar-refractivity contribution in [2.24, 2.45) is 0 Å². The summed E-state index contributed by atoms with van der Waals surface area (Å²) in [6.07, 6.45) is -0.0202. The molecule has 25 heavy (non-hydrogen) atoms. The van der Waals surface area contributed by atoms with Crippen molar-refractivity contribution in [3.63, 3.8) is 0 Å². The molecule has 0 heterocycles. The van der Waals surface area contributed by atoms with E-state index in [9.17, 15) is 18.0 Å². The molecule has 1 amide bonds. The van der Waals surface area contributed by atoms with Crippen molar-refractivity contribution in [1.29, 1.82) is 0 Å². The Bertz CT molecular complexity index is 769. The Morgan fingerprint density at radius 1 is 1.00 bits per heavy atom. The van der Waals surface area contributed by atoms with Gasteiger partial charge in [0.2, 0.25) is 5.91 Å². The quantitative estimate of drug-likeness (QED) is 0.747. The summed E-state index contributed by atoms with van der Waals surface area (Å²) < 4.78 is 49.7. The molecule has 0 aliphatic heterocycles. The van der Waals surface area contributed by atoms with E-state index < -0.39 is 17.5 Å². The van der Waals surface area contributed by atoms with Crippen LogP contribution in [-0.2, 0) is 4.79 Å². The van der Waals surface area contributed by atoms with Crippen molar-refractivity contribution in [1.82, 2.24) is 0 Å². The number of halogens is 3. The molecule has 0 aliphatic carbocycles. The standard InChI is InChI=1S/C17H17F3N2O3/c1-24-10-3-5-12(14(9-10)25-2)22-15(23)7-8-21-13-6-4-11(18)16(19)17(13)20/h3-6,9,21H,7-8H2,1-2H3,(H,22,23).